The van der Waals surface area contributed by atoms with Crippen LogP contribution in [-0.4, -0.2) is 34.7 Å². The molecule has 1 aromatic carbocycles. The van der Waals surface area contributed by atoms with E-state index >= 15 is 0 Å². The van der Waals surface area contributed by atoms with E-state index in [4.69, 9.17) is 0 Å². The van der Waals surface area contributed by atoms with Crippen LogP contribution in [0.4, 0.5) is 0 Å². The number of carbonyl (C=O) groups excluding carboxylic acids is 2. The van der Waals surface area contributed by atoms with Gasteiger partial charge in [0.15, 0.2) is 5.78 Å². The van der Waals surface area contributed by atoms with E-state index in [1.807, 2.05) is 30.3 Å². The molecule has 0 unspecified atom stereocenters. The molecule has 4 heteroatoms. The molecule has 0 spiro atoms. The molecule has 0 N–H and O–H groups in total. The van der Waals surface area contributed by atoms with Gasteiger partial charge in [0.25, 0.3) is 0 Å². The van der Waals surface area contributed by atoms with E-state index in [9.17, 15) is 9.59 Å². The minimum atomic E-state index is -0.0646. The van der Waals surface area contributed by atoms with Crippen LogP contribution in [0.5, 0.6) is 0 Å². The Morgan fingerprint density at radius 1 is 1.16 bits per heavy atom. The third-order valence-electron chi connectivity index (χ3n) is 3.44. The van der Waals surface area contributed by atoms with Crippen molar-refractivity contribution < 1.29 is 9.59 Å². The van der Waals surface area contributed by atoms with Crippen LogP contribution in [0.2, 0.25) is 0 Å². The van der Waals surface area contributed by atoms with Gasteiger partial charge in [0.1, 0.15) is 0 Å². The van der Waals surface area contributed by atoms with Gasteiger partial charge in [0.05, 0.1) is 13.0 Å². The van der Waals surface area contributed by atoms with Crippen LogP contribution in [0.15, 0.2) is 36.5 Å². The average molecular weight is 254 g/mol. The second-order valence-corrected chi connectivity index (χ2v) is 4.76. The molecule has 1 amide bonds. The molecule has 0 aliphatic carbocycles. The van der Waals surface area contributed by atoms with Gasteiger partial charge in [0, 0.05) is 30.2 Å². The first-order valence-electron chi connectivity index (χ1n) is 6.36. The molecule has 96 valence electrons. The fraction of sp³-hybridized carbons (Fsp3) is 0.267. The molecule has 1 aliphatic rings. The highest BCUT2D eigenvalue weighted by atomic mass is 16.2. The van der Waals surface area contributed by atoms with Crippen molar-refractivity contribution in [2.75, 3.05) is 13.1 Å². The Labute approximate surface area is 111 Å². The first kappa shape index (κ1) is 11.8. The molecule has 1 aliphatic heterocycles. The maximum atomic E-state index is 11.6. The molecule has 0 saturated carbocycles. The fourth-order valence-electron chi connectivity index (χ4n) is 2.46. The molecular weight excluding hydrogens is 240 g/mol. The van der Waals surface area contributed by atoms with E-state index in [1.54, 1.807) is 11.1 Å². The average Bonchev–Trinajstić information content (AvgIpc) is 2.74. The van der Waals surface area contributed by atoms with Crippen molar-refractivity contribution in [3.05, 3.63) is 42.2 Å². The summed E-state index contributed by atoms with van der Waals surface area (Å²) in [5.41, 5.74) is 0.977. The Kier molecular flexibility index (Phi) is 2.99. The Bertz CT molecular complexity index is 646. The number of fused-ring (bicyclic) bond motifs is 1. The van der Waals surface area contributed by atoms with Crippen LogP contribution >= 0.6 is 0 Å². The van der Waals surface area contributed by atoms with Gasteiger partial charge in [-0.15, -0.1) is 0 Å². The first-order valence-corrected chi connectivity index (χ1v) is 6.36. The Morgan fingerprint density at radius 2 is 2.00 bits per heavy atom. The van der Waals surface area contributed by atoms with Crippen LogP contribution in [0.3, 0.4) is 0 Å². The highest BCUT2D eigenvalue weighted by Crippen LogP contribution is 2.17. The summed E-state index contributed by atoms with van der Waals surface area (Å²) < 4.78 is 0. The molecule has 0 atom stereocenters. The molecule has 3 rings (SSSR count). The zero-order chi connectivity index (χ0) is 13.2. The van der Waals surface area contributed by atoms with Crippen molar-refractivity contribution in [3.8, 4) is 0 Å². The number of hydrogen-bond acceptors (Lipinski definition) is 3. The van der Waals surface area contributed by atoms with Crippen LogP contribution in [0.25, 0.3) is 10.8 Å². The number of benzene rings is 1. The number of carbonyl (C=O) groups is 2. The third kappa shape index (κ3) is 2.34. The SMILES string of the molecule is O=C1CC(=O)N(CCc2nccc3ccccc23)C1. The van der Waals surface area contributed by atoms with Crippen molar-refractivity contribution in [2.45, 2.75) is 12.8 Å². The fourth-order valence-corrected chi connectivity index (χ4v) is 2.46. The third-order valence-corrected chi connectivity index (χ3v) is 3.44. The summed E-state index contributed by atoms with van der Waals surface area (Å²) in [5, 5.41) is 2.26. The van der Waals surface area contributed by atoms with Crippen molar-refractivity contribution in [3.63, 3.8) is 0 Å². The summed E-state index contributed by atoms with van der Waals surface area (Å²) in [6, 6.07) is 10.0. The Morgan fingerprint density at radius 3 is 2.79 bits per heavy atom. The van der Waals surface area contributed by atoms with Crippen molar-refractivity contribution in [1.29, 1.82) is 0 Å². The number of aromatic nitrogens is 1. The number of Topliss-reactive ketones (excluding diaryl/α,β-unsaturated/α-hetero) is 1. The first-order chi connectivity index (χ1) is 9.24. The van der Waals surface area contributed by atoms with Crippen molar-refractivity contribution in [2.24, 2.45) is 0 Å². The maximum Gasteiger partial charge on any atom is 0.230 e. The van der Waals surface area contributed by atoms with Gasteiger partial charge in [-0.1, -0.05) is 24.3 Å². The summed E-state index contributed by atoms with van der Waals surface area (Å²) >= 11 is 0. The van der Waals surface area contributed by atoms with E-state index in [0.717, 1.165) is 16.5 Å². The molecule has 4 nitrogen and oxygen atoms in total. The number of amides is 1. The lowest BCUT2D eigenvalue weighted by Gasteiger charge is -2.14. The molecule has 0 bridgehead atoms. The normalized spacial score (nSPS) is 15.5. The van der Waals surface area contributed by atoms with E-state index < -0.39 is 0 Å². The van der Waals surface area contributed by atoms with Gasteiger partial charge in [0.2, 0.25) is 5.91 Å². The molecule has 19 heavy (non-hydrogen) atoms. The van der Waals surface area contributed by atoms with Crippen LogP contribution in [-0.2, 0) is 16.0 Å². The Hall–Kier alpha value is -2.23. The van der Waals surface area contributed by atoms with Gasteiger partial charge in [-0.05, 0) is 11.5 Å². The van der Waals surface area contributed by atoms with Crippen molar-refractivity contribution >= 4 is 22.5 Å². The predicted molar refractivity (Wildman–Crippen MR) is 71.7 cm³/mol. The Balaban J connectivity index is 1.79. The number of likely N-dealkylation sites (tertiary alicyclic amines) is 1. The largest absolute Gasteiger partial charge is 0.335 e. The summed E-state index contributed by atoms with van der Waals surface area (Å²) in [6.07, 6.45) is 2.53. The van der Waals surface area contributed by atoms with E-state index in [2.05, 4.69) is 4.98 Å². The highest BCUT2D eigenvalue weighted by molar-refractivity contribution is 6.05. The molecular formula is C15H14N2O2. The number of pyridine rings is 1. The van der Waals surface area contributed by atoms with Crippen LogP contribution in [0.1, 0.15) is 12.1 Å². The zero-order valence-electron chi connectivity index (χ0n) is 10.5. The smallest absolute Gasteiger partial charge is 0.230 e. The number of rotatable bonds is 3. The minimum absolute atomic E-state index is 0.0101. The molecule has 2 heterocycles. The van der Waals surface area contributed by atoms with Crippen LogP contribution in [0, 0.1) is 0 Å². The predicted octanol–water partition coefficient (Wildman–Crippen LogP) is 1.58. The zero-order valence-corrected chi connectivity index (χ0v) is 10.5. The molecule has 1 fully saturated rings. The number of nitrogens with zero attached hydrogens (tertiary/aromatic N) is 2. The van der Waals surface area contributed by atoms with Gasteiger partial charge in [-0.2, -0.15) is 0 Å². The van der Waals surface area contributed by atoms with E-state index in [1.165, 1.54) is 0 Å². The standard InChI is InChI=1S/C15H14N2O2/c18-12-9-15(19)17(10-12)8-6-14-13-4-2-1-3-11(13)5-7-16-14/h1-5,7H,6,8-10H2. The summed E-state index contributed by atoms with van der Waals surface area (Å²) in [6.45, 7) is 0.815. The van der Waals surface area contributed by atoms with Gasteiger partial charge in [-0.3, -0.25) is 14.6 Å². The lowest BCUT2D eigenvalue weighted by molar-refractivity contribution is -0.127. The quantitative estimate of drug-likeness (QED) is 0.781. The summed E-state index contributed by atoms with van der Waals surface area (Å²) in [7, 11) is 0. The van der Waals surface area contributed by atoms with E-state index in [0.29, 0.717) is 13.0 Å². The molecule has 0 radical (unpaired) electrons. The summed E-state index contributed by atoms with van der Waals surface area (Å²) in [4.78, 5) is 28.8. The topological polar surface area (TPSA) is 50.3 Å². The number of hydrogen-bond donors (Lipinski definition) is 0. The van der Waals surface area contributed by atoms with Gasteiger partial charge >= 0.3 is 0 Å². The molecule has 1 aromatic heterocycles. The van der Waals surface area contributed by atoms with Gasteiger partial charge < -0.3 is 4.90 Å². The second kappa shape index (κ2) is 4.80. The highest BCUT2D eigenvalue weighted by Gasteiger charge is 2.26. The van der Waals surface area contributed by atoms with Crippen LogP contribution < -0.4 is 0 Å². The molecule has 1 saturated heterocycles. The maximum absolute atomic E-state index is 11.6. The van der Waals surface area contributed by atoms with Gasteiger partial charge in [-0.25, -0.2) is 0 Å². The number of ketones is 1. The van der Waals surface area contributed by atoms with E-state index in [-0.39, 0.29) is 24.7 Å². The van der Waals surface area contributed by atoms with Crippen molar-refractivity contribution in [1.82, 2.24) is 9.88 Å². The monoisotopic (exact) mass is 254 g/mol. The lowest BCUT2D eigenvalue weighted by atomic mass is 10.1. The lowest BCUT2D eigenvalue weighted by Crippen LogP contribution is -2.27. The summed E-state index contributed by atoms with van der Waals surface area (Å²) in [5.74, 6) is -0.0545. The minimum Gasteiger partial charge on any atom is -0.335 e. The second-order valence-electron chi connectivity index (χ2n) is 4.76. The molecule has 2 aromatic rings.